The maximum Gasteiger partial charge on any atom is 0.433 e. The fourth-order valence-corrected chi connectivity index (χ4v) is 4.33. The molecule has 10 heteroatoms. The number of hydrogen-bond donors (Lipinski definition) is 0. The van der Waals surface area contributed by atoms with Crippen molar-refractivity contribution < 1.29 is 13.2 Å². The molecular formula is C20H21F3N6S. The second kappa shape index (κ2) is 8.73. The van der Waals surface area contributed by atoms with Crippen molar-refractivity contribution in [3.63, 3.8) is 0 Å². The summed E-state index contributed by atoms with van der Waals surface area (Å²) in [6.07, 6.45) is 0.0908. The first-order chi connectivity index (χ1) is 14.4. The number of aromatic nitrogens is 5. The van der Waals surface area contributed by atoms with Crippen LogP contribution in [0.25, 0.3) is 5.69 Å². The van der Waals surface area contributed by atoms with Crippen molar-refractivity contribution >= 4 is 11.8 Å². The van der Waals surface area contributed by atoms with Crippen LogP contribution in [-0.2, 0) is 6.18 Å². The summed E-state index contributed by atoms with van der Waals surface area (Å²) in [6, 6.07) is 10.4. The van der Waals surface area contributed by atoms with Crippen LogP contribution in [0.4, 0.5) is 13.2 Å². The van der Waals surface area contributed by atoms with Crippen molar-refractivity contribution in [2.24, 2.45) is 0 Å². The molecule has 0 spiro atoms. The lowest BCUT2D eigenvalue weighted by Gasteiger charge is -2.31. The summed E-state index contributed by atoms with van der Waals surface area (Å²) >= 11 is 0.973. The van der Waals surface area contributed by atoms with E-state index in [2.05, 4.69) is 32.0 Å². The summed E-state index contributed by atoms with van der Waals surface area (Å²) in [5.74, 6) is 0.748. The minimum absolute atomic E-state index is 0.0217. The van der Waals surface area contributed by atoms with E-state index in [0.717, 1.165) is 61.5 Å². The summed E-state index contributed by atoms with van der Waals surface area (Å²) in [4.78, 5) is 10.0. The number of piperidine rings is 1. The summed E-state index contributed by atoms with van der Waals surface area (Å²) in [5, 5.41) is 9.10. The average Bonchev–Trinajstić information content (AvgIpc) is 3.17. The van der Waals surface area contributed by atoms with Gasteiger partial charge in [0, 0.05) is 11.9 Å². The number of benzene rings is 1. The van der Waals surface area contributed by atoms with Gasteiger partial charge in [0.15, 0.2) is 11.0 Å². The lowest BCUT2D eigenvalue weighted by molar-refractivity contribution is -0.141. The molecule has 2 aromatic heterocycles. The van der Waals surface area contributed by atoms with E-state index >= 15 is 0 Å². The molecule has 1 atom stereocenters. The summed E-state index contributed by atoms with van der Waals surface area (Å²) in [7, 11) is 0. The number of likely N-dealkylation sites (tertiary alicyclic amines) is 1. The first-order valence-corrected chi connectivity index (χ1v) is 10.6. The third kappa shape index (κ3) is 4.49. The zero-order valence-corrected chi connectivity index (χ0v) is 17.2. The van der Waals surface area contributed by atoms with Gasteiger partial charge >= 0.3 is 6.18 Å². The fourth-order valence-electron chi connectivity index (χ4n) is 3.54. The predicted octanol–water partition coefficient (Wildman–Crippen LogP) is 4.77. The molecule has 4 rings (SSSR count). The van der Waals surface area contributed by atoms with Crippen LogP contribution in [0, 0.1) is 0 Å². The maximum atomic E-state index is 13.0. The Bertz CT molecular complexity index is 986. The van der Waals surface area contributed by atoms with Crippen LogP contribution in [0.3, 0.4) is 0 Å². The van der Waals surface area contributed by atoms with E-state index in [0.29, 0.717) is 5.16 Å². The fraction of sp³-hybridized carbons (Fsp3) is 0.400. The quantitative estimate of drug-likeness (QED) is 0.539. The summed E-state index contributed by atoms with van der Waals surface area (Å²) in [6.45, 7) is 4.06. The van der Waals surface area contributed by atoms with Crippen LogP contribution in [0.1, 0.15) is 43.7 Å². The minimum Gasteiger partial charge on any atom is -0.294 e. The van der Waals surface area contributed by atoms with E-state index in [9.17, 15) is 13.2 Å². The monoisotopic (exact) mass is 434 g/mol. The van der Waals surface area contributed by atoms with Crippen LogP contribution >= 0.6 is 11.8 Å². The van der Waals surface area contributed by atoms with Crippen LogP contribution in [0.5, 0.6) is 0 Å². The number of hydrogen-bond acceptors (Lipinski definition) is 6. The van der Waals surface area contributed by atoms with Crippen molar-refractivity contribution in [3.8, 4) is 5.69 Å². The van der Waals surface area contributed by atoms with Crippen LogP contribution in [-0.4, -0.2) is 42.7 Å². The van der Waals surface area contributed by atoms with Gasteiger partial charge < -0.3 is 0 Å². The van der Waals surface area contributed by atoms with Gasteiger partial charge in [-0.25, -0.2) is 9.97 Å². The van der Waals surface area contributed by atoms with Gasteiger partial charge in [-0.05, 0) is 62.8 Å². The van der Waals surface area contributed by atoms with Gasteiger partial charge in [-0.1, -0.05) is 24.6 Å². The van der Waals surface area contributed by atoms with Gasteiger partial charge in [-0.15, -0.1) is 10.2 Å². The molecule has 6 nitrogen and oxygen atoms in total. The Balaban J connectivity index is 1.71. The van der Waals surface area contributed by atoms with Gasteiger partial charge in [0.2, 0.25) is 5.16 Å². The molecule has 0 radical (unpaired) electrons. The molecule has 1 aromatic carbocycles. The van der Waals surface area contributed by atoms with Crippen molar-refractivity contribution in [2.45, 2.75) is 48.7 Å². The highest BCUT2D eigenvalue weighted by atomic mass is 32.2. The predicted molar refractivity (Wildman–Crippen MR) is 106 cm³/mol. The number of para-hydroxylation sites is 1. The highest BCUT2D eigenvalue weighted by Gasteiger charge is 2.33. The maximum absolute atomic E-state index is 13.0. The molecule has 30 heavy (non-hydrogen) atoms. The molecule has 3 heterocycles. The molecule has 1 aliphatic rings. The Morgan fingerprint density at radius 3 is 2.43 bits per heavy atom. The van der Waals surface area contributed by atoms with Gasteiger partial charge in [0.1, 0.15) is 5.69 Å². The zero-order chi connectivity index (χ0) is 21.1. The molecule has 1 saturated heterocycles. The number of nitrogens with zero attached hydrogens (tertiary/aromatic N) is 6. The minimum atomic E-state index is -4.53. The highest BCUT2D eigenvalue weighted by Crippen LogP contribution is 2.33. The highest BCUT2D eigenvalue weighted by molar-refractivity contribution is 7.99. The Morgan fingerprint density at radius 1 is 1.00 bits per heavy atom. The summed E-state index contributed by atoms with van der Waals surface area (Å²) < 4.78 is 41.0. The molecule has 0 N–H and O–H groups in total. The molecule has 0 unspecified atom stereocenters. The number of alkyl halides is 3. The van der Waals surface area contributed by atoms with Crippen molar-refractivity contribution in [1.29, 1.82) is 0 Å². The normalized spacial score (nSPS) is 16.5. The van der Waals surface area contributed by atoms with Crippen LogP contribution in [0.15, 0.2) is 52.9 Å². The van der Waals surface area contributed by atoms with Crippen molar-refractivity contribution in [1.82, 2.24) is 29.6 Å². The molecular weight excluding hydrogens is 413 g/mol. The first kappa shape index (κ1) is 20.8. The molecule has 0 bridgehead atoms. The SMILES string of the molecule is C[C@H](c1nnc(Sc2nccc(C(F)(F)F)n2)n1-c1ccccc1)N1CCCCC1. The lowest BCUT2D eigenvalue weighted by Crippen LogP contribution is -2.33. The standard InChI is InChI=1S/C20H21F3N6S/c1-14(28-12-6-3-7-13-28)17-26-27-19(29(17)15-8-4-2-5-9-15)30-18-24-11-10-16(25-18)20(21,22)23/h2,4-5,8-11,14H,3,6-7,12-13H2,1H3/t14-/m1/s1. The summed E-state index contributed by atoms with van der Waals surface area (Å²) in [5.41, 5.74) is -0.136. The molecule has 3 aromatic rings. The third-order valence-corrected chi connectivity index (χ3v) is 5.92. The van der Waals surface area contributed by atoms with Gasteiger partial charge in [0.05, 0.1) is 6.04 Å². The molecule has 0 saturated carbocycles. The largest absolute Gasteiger partial charge is 0.433 e. The zero-order valence-electron chi connectivity index (χ0n) is 16.4. The second-order valence-electron chi connectivity index (χ2n) is 7.11. The molecule has 0 amide bonds. The third-order valence-electron chi connectivity index (χ3n) is 5.09. The van der Waals surface area contributed by atoms with E-state index in [-0.39, 0.29) is 11.2 Å². The van der Waals surface area contributed by atoms with E-state index in [1.165, 1.54) is 6.42 Å². The Kier molecular flexibility index (Phi) is 6.05. The van der Waals surface area contributed by atoms with Gasteiger partial charge in [-0.2, -0.15) is 13.2 Å². The van der Waals surface area contributed by atoms with Crippen molar-refractivity contribution in [2.75, 3.05) is 13.1 Å². The number of rotatable bonds is 5. The van der Waals surface area contributed by atoms with Crippen LogP contribution in [0.2, 0.25) is 0 Å². The van der Waals surface area contributed by atoms with Crippen LogP contribution < -0.4 is 0 Å². The Hall–Kier alpha value is -2.46. The molecule has 0 aliphatic carbocycles. The second-order valence-corrected chi connectivity index (χ2v) is 8.04. The van der Waals surface area contributed by atoms with Gasteiger partial charge in [-0.3, -0.25) is 9.47 Å². The van der Waals surface area contributed by atoms with Crippen molar-refractivity contribution in [3.05, 3.63) is 54.1 Å². The Labute approximate surface area is 176 Å². The smallest absolute Gasteiger partial charge is 0.294 e. The van der Waals surface area contributed by atoms with Gasteiger partial charge in [0.25, 0.3) is 0 Å². The molecule has 158 valence electrons. The first-order valence-electron chi connectivity index (χ1n) is 9.76. The molecule has 1 fully saturated rings. The van der Waals surface area contributed by atoms with E-state index in [1.807, 2.05) is 34.9 Å². The van der Waals surface area contributed by atoms with E-state index in [4.69, 9.17) is 0 Å². The average molecular weight is 434 g/mol. The molecule has 1 aliphatic heterocycles. The Morgan fingerprint density at radius 2 is 1.73 bits per heavy atom. The van der Waals surface area contributed by atoms with E-state index in [1.54, 1.807) is 0 Å². The lowest BCUT2D eigenvalue weighted by atomic mass is 10.1. The van der Waals surface area contributed by atoms with E-state index < -0.39 is 11.9 Å². The topological polar surface area (TPSA) is 59.7 Å². The number of halogens is 3.